The lowest BCUT2D eigenvalue weighted by molar-refractivity contribution is 0.0954. The highest BCUT2D eigenvalue weighted by molar-refractivity contribution is 7.22. The first-order chi connectivity index (χ1) is 11.2. The third kappa shape index (κ3) is 3.60. The molecule has 6 heteroatoms. The van der Waals surface area contributed by atoms with E-state index in [1.165, 1.54) is 11.3 Å². The van der Waals surface area contributed by atoms with Gasteiger partial charge in [0.25, 0.3) is 5.91 Å². The molecule has 2 heterocycles. The van der Waals surface area contributed by atoms with E-state index < -0.39 is 0 Å². The number of hydrogen-bond acceptors (Lipinski definition) is 5. The second-order valence-corrected chi connectivity index (χ2v) is 6.89. The molecule has 1 amide bonds. The Morgan fingerprint density at radius 2 is 2.17 bits per heavy atom. The molecular formula is C17H16N2O2S2. The molecule has 0 unspecified atom stereocenters. The Kier molecular flexibility index (Phi) is 4.73. The summed E-state index contributed by atoms with van der Waals surface area (Å²) in [5.41, 5.74) is 1.76. The third-order valence-electron chi connectivity index (χ3n) is 3.32. The van der Waals surface area contributed by atoms with Gasteiger partial charge in [0.1, 0.15) is 15.6 Å². The highest BCUT2D eigenvalue weighted by Gasteiger charge is 2.16. The first kappa shape index (κ1) is 15.7. The first-order valence-corrected chi connectivity index (χ1v) is 8.79. The third-order valence-corrected chi connectivity index (χ3v) is 5.52. The van der Waals surface area contributed by atoms with Crippen molar-refractivity contribution in [1.82, 2.24) is 10.3 Å². The van der Waals surface area contributed by atoms with E-state index in [4.69, 9.17) is 4.74 Å². The lowest BCUT2D eigenvalue weighted by atomic mass is 10.2. The zero-order valence-electron chi connectivity index (χ0n) is 12.8. The zero-order valence-corrected chi connectivity index (χ0v) is 14.5. The Balaban J connectivity index is 1.71. The van der Waals surface area contributed by atoms with Gasteiger partial charge in [-0.25, -0.2) is 4.98 Å². The Labute approximate surface area is 142 Å². The smallest absolute Gasteiger partial charge is 0.263 e. The standard InChI is InChI=1S/C17H16N2O2S2/c1-11-15(23-17(19-11)14-7-4-8-22-14)16(20)18-10-12-5-3-6-13(9-12)21-2/h3-9H,10H2,1-2H3,(H,18,20). The van der Waals surface area contributed by atoms with E-state index in [1.54, 1.807) is 18.4 Å². The Bertz CT molecular complexity index is 810. The van der Waals surface area contributed by atoms with Crippen molar-refractivity contribution in [3.63, 3.8) is 0 Å². The van der Waals surface area contributed by atoms with Crippen LogP contribution in [0.15, 0.2) is 41.8 Å². The van der Waals surface area contributed by atoms with Gasteiger partial charge < -0.3 is 10.1 Å². The van der Waals surface area contributed by atoms with Crippen LogP contribution >= 0.6 is 22.7 Å². The lowest BCUT2D eigenvalue weighted by Crippen LogP contribution is -2.22. The van der Waals surface area contributed by atoms with Crippen LogP contribution in [-0.4, -0.2) is 18.0 Å². The second-order valence-electron chi connectivity index (χ2n) is 4.95. The quantitative estimate of drug-likeness (QED) is 0.757. The minimum absolute atomic E-state index is 0.0920. The first-order valence-electron chi connectivity index (χ1n) is 7.10. The molecule has 3 aromatic rings. The van der Waals surface area contributed by atoms with Gasteiger partial charge in [0.05, 0.1) is 17.7 Å². The molecule has 0 saturated heterocycles. The maximum Gasteiger partial charge on any atom is 0.263 e. The summed E-state index contributed by atoms with van der Waals surface area (Å²) in [5, 5.41) is 5.85. The van der Waals surface area contributed by atoms with Crippen molar-refractivity contribution in [2.45, 2.75) is 13.5 Å². The van der Waals surface area contributed by atoms with Crippen LogP contribution < -0.4 is 10.1 Å². The van der Waals surface area contributed by atoms with E-state index in [1.807, 2.05) is 48.7 Å². The molecule has 0 aliphatic carbocycles. The van der Waals surface area contributed by atoms with Gasteiger partial charge in [0, 0.05) is 6.54 Å². The molecule has 0 bridgehead atoms. The number of ether oxygens (including phenoxy) is 1. The van der Waals surface area contributed by atoms with Crippen molar-refractivity contribution < 1.29 is 9.53 Å². The fourth-order valence-corrected chi connectivity index (χ4v) is 3.94. The van der Waals surface area contributed by atoms with E-state index >= 15 is 0 Å². The topological polar surface area (TPSA) is 51.2 Å². The van der Waals surface area contributed by atoms with Crippen molar-refractivity contribution in [2.75, 3.05) is 7.11 Å². The molecule has 23 heavy (non-hydrogen) atoms. The van der Waals surface area contributed by atoms with Crippen LogP contribution in [0.4, 0.5) is 0 Å². The minimum Gasteiger partial charge on any atom is -0.497 e. The van der Waals surface area contributed by atoms with Crippen LogP contribution in [0.1, 0.15) is 20.9 Å². The van der Waals surface area contributed by atoms with E-state index in [2.05, 4.69) is 10.3 Å². The summed E-state index contributed by atoms with van der Waals surface area (Å²) in [7, 11) is 1.63. The van der Waals surface area contributed by atoms with Crippen LogP contribution in [0.25, 0.3) is 9.88 Å². The Morgan fingerprint density at radius 1 is 1.30 bits per heavy atom. The number of aromatic nitrogens is 1. The minimum atomic E-state index is -0.0920. The van der Waals surface area contributed by atoms with Crippen molar-refractivity contribution in [3.05, 3.63) is 57.9 Å². The van der Waals surface area contributed by atoms with Gasteiger partial charge in [-0.1, -0.05) is 18.2 Å². The Hall–Kier alpha value is -2.18. The van der Waals surface area contributed by atoms with Crippen molar-refractivity contribution in [2.24, 2.45) is 0 Å². The number of nitrogens with zero attached hydrogens (tertiary/aromatic N) is 1. The van der Waals surface area contributed by atoms with Gasteiger partial charge in [0.2, 0.25) is 0 Å². The van der Waals surface area contributed by atoms with E-state index in [-0.39, 0.29) is 5.91 Å². The fourth-order valence-electron chi connectivity index (χ4n) is 2.16. The molecular weight excluding hydrogens is 328 g/mol. The summed E-state index contributed by atoms with van der Waals surface area (Å²) in [6.45, 7) is 2.33. The number of thiazole rings is 1. The van der Waals surface area contributed by atoms with Gasteiger partial charge in [-0.15, -0.1) is 22.7 Å². The molecule has 0 radical (unpaired) electrons. The van der Waals surface area contributed by atoms with Crippen LogP contribution in [0.5, 0.6) is 5.75 Å². The maximum absolute atomic E-state index is 12.4. The number of thiophene rings is 1. The zero-order chi connectivity index (χ0) is 16.2. The molecule has 0 atom stereocenters. The number of benzene rings is 1. The predicted molar refractivity (Wildman–Crippen MR) is 94.3 cm³/mol. The molecule has 0 saturated carbocycles. The molecule has 0 aliphatic rings. The molecule has 3 rings (SSSR count). The Morgan fingerprint density at radius 3 is 2.91 bits per heavy atom. The number of amides is 1. The number of hydrogen-bond donors (Lipinski definition) is 1. The summed E-state index contributed by atoms with van der Waals surface area (Å²) in [4.78, 5) is 18.7. The summed E-state index contributed by atoms with van der Waals surface area (Å²) >= 11 is 3.06. The summed E-state index contributed by atoms with van der Waals surface area (Å²) < 4.78 is 5.19. The fraction of sp³-hybridized carbons (Fsp3) is 0.176. The number of carbonyl (C=O) groups excluding carboxylic acids is 1. The van der Waals surface area contributed by atoms with Crippen molar-refractivity contribution >= 4 is 28.6 Å². The van der Waals surface area contributed by atoms with Crippen LogP contribution in [0.3, 0.4) is 0 Å². The van der Waals surface area contributed by atoms with Crippen LogP contribution in [-0.2, 0) is 6.54 Å². The molecule has 1 aromatic carbocycles. The summed E-state index contributed by atoms with van der Waals surface area (Å²) in [6, 6.07) is 11.7. The average molecular weight is 344 g/mol. The lowest BCUT2D eigenvalue weighted by Gasteiger charge is -2.06. The van der Waals surface area contributed by atoms with Crippen molar-refractivity contribution in [3.8, 4) is 15.6 Å². The van der Waals surface area contributed by atoms with Gasteiger partial charge >= 0.3 is 0 Å². The largest absolute Gasteiger partial charge is 0.497 e. The van der Waals surface area contributed by atoms with E-state index in [0.29, 0.717) is 11.4 Å². The summed E-state index contributed by atoms with van der Waals surface area (Å²) in [6.07, 6.45) is 0. The number of aryl methyl sites for hydroxylation is 1. The molecule has 0 aliphatic heterocycles. The van der Waals surface area contributed by atoms with Crippen molar-refractivity contribution in [1.29, 1.82) is 0 Å². The average Bonchev–Trinajstić information content (AvgIpc) is 3.22. The monoisotopic (exact) mass is 344 g/mol. The molecule has 2 aromatic heterocycles. The molecule has 118 valence electrons. The SMILES string of the molecule is COc1cccc(CNC(=O)c2sc(-c3cccs3)nc2C)c1. The number of nitrogens with one attached hydrogen (secondary N) is 1. The molecule has 4 nitrogen and oxygen atoms in total. The van der Waals surface area contributed by atoms with Gasteiger partial charge in [0.15, 0.2) is 0 Å². The molecule has 0 fully saturated rings. The molecule has 1 N–H and O–H groups in total. The highest BCUT2D eigenvalue weighted by atomic mass is 32.1. The van der Waals surface area contributed by atoms with Gasteiger partial charge in [-0.2, -0.15) is 0 Å². The number of methoxy groups -OCH3 is 1. The van der Waals surface area contributed by atoms with Crippen LogP contribution in [0, 0.1) is 6.92 Å². The summed E-state index contributed by atoms with van der Waals surface area (Å²) in [5.74, 6) is 0.691. The number of carbonyl (C=O) groups is 1. The van der Waals surface area contributed by atoms with E-state index in [0.717, 1.165) is 26.9 Å². The van der Waals surface area contributed by atoms with Crippen LogP contribution in [0.2, 0.25) is 0 Å². The van der Waals surface area contributed by atoms with E-state index in [9.17, 15) is 4.79 Å². The number of rotatable bonds is 5. The normalized spacial score (nSPS) is 10.5. The maximum atomic E-state index is 12.4. The molecule has 0 spiro atoms. The van der Waals surface area contributed by atoms with Gasteiger partial charge in [-0.05, 0) is 36.1 Å². The van der Waals surface area contributed by atoms with Gasteiger partial charge in [-0.3, -0.25) is 4.79 Å². The second kappa shape index (κ2) is 6.93. The predicted octanol–water partition coefficient (Wildman–Crippen LogP) is 4.12. The highest BCUT2D eigenvalue weighted by Crippen LogP contribution is 2.31.